The van der Waals surface area contributed by atoms with Crippen molar-refractivity contribution < 1.29 is 138 Å². The number of halogens is 5. The Kier molecular flexibility index (Phi) is 27.7. The first-order valence-corrected chi connectivity index (χ1v) is 23.5. The molecule has 24 heteroatoms. The number of benzene rings is 2. The van der Waals surface area contributed by atoms with E-state index < -0.39 is 0 Å². The smallest absolute Gasteiger partial charge is 1.00 e. The fourth-order valence-electron chi connectivity index (χ4n) is 7.57. The number of anilines is 2. The number of aryl methyl sites for hydroxylation is 1. The molecule has 2 aliphatic heterocycles. The Balaban J connectivity index is 0.000000380. The third kappa shape index (κ3) is 17.2. The quantitative estimate of drug-likeness (QED) is 0.0691. The number of rotatable bonds is 10. The topological polar surface area (TPSA) is 187 Å². The summed E-state index contributed by atoms with van der Waals surface area (Å²) >= 11 is 30.3. The van der Waals surface area contributed by atoms with Gasteiger partial charge in [0.05, 0.1) is 51.4 Å². The van der Waals surface area contributed by atoms with E-state index in [2.05, 4.69) is 46.9 Å². The van der Waals surface area contributed by atoms with Crippen LogP contribution in [0.15, 0.2) is 85.3 Å². The number of carbonyl (C=O) groups excluding carboxylic acids is 3. The van der Waals surface area contributed by atoms with Gasteiger partial charge >= 0.3 is 103 Å². The number of hydrogen-bond acceptors (Lipinski definition) is 13. The molecule has 2 amide bonds. The molecule has 71 heavy (non-hydrogen) atoms. The van der Waals surface area contributed by atoms with Crippen molar-refractivity contribution in [3.8, 4) is 34.1 Å². The van der Waals surface area contributed by atoms with Gasteiger partial charge in [-0.15, -0.1) is 11.6 Å². The first-order valence-electron chi connectivity index (χ1n) is 21.4. The summed E-state index contributed by atoms with van der Waals surface area (Å²) < 4.78 is 12.2. The van der Waals surface area contributed by atoms with Crippen LogP contribution in [-0.2, 0) is 25.8 Å². The van der Waals surface area contributed by atoms with E-state index in [1.54, 1.807) is 37.5 Å². The maximum absolute atomic E-state index is 13.1. The van der Waals surface area contributed by atoms with Crippen molar-refractivity contribution in [3.63, 3.8) is 0 Å². The maximum atomic E-state index is 13.1. The van der Waals surface area contributed by atoms with Gasteiger partial charge in [-0.1, -0.05) is 52.5 Å². The Labute approximate surface area is 525 Å². The molecule has 0 unspecified atom stereocenters. The average molecular weight is 1130 g/mol. The van der Waals surface area contributed by atoms with Crippen LogP contribution in [0.2, 0.25) is 20.1 Å². The van der Waals surface area contributed by atoms with Crippen LogP contribution in [0.25, 0.3) is 22.6 Å². The number of aromatic amines is 1. The van der Waals surface area contributed by atoms with Gasteiger partial charge in [0, 0.05) is 99.0 Å². The van der Waals surface area contributed by atoms with Crippen molar-refractivity contribution in [2.45, 2.75) is 46.3 Å². The minimum absolute atomic E-state index is 0. The van der Waals surface area contributed by atoms with Crippen LogP contribution in [0, 0.1) is 13.8 Å². The van der Waals surface area contributed by atoms with Crippen LogP contribution in [-0.4, -0.2) is 129 Å². The average Bonchev–Trinajstić information content (AvgIpc) is 3.86. The van der Waals surface area contributed by atoms with Gasteiger partial charge in [-0.3, -0.25) is 34.1 Å². The molecule has 2 aliphatic rings. The van der Waals surface area contributed by atoms with E-state index in [0.717, 1.165) is 53.7 Å². The largest absolute Gasteiger partial charge is 1.00 e. The van der Waals surface area contributed by atoms with E-state index in [0.29, 0.717) is 62.6 Å². The zero-order valence-electron chi connectivity index (χ0n) is 41.7. The molecule has 370 valence electrons. The van der Waals surface area contributed by atoms with Gasteiger partial charge in [0.15, 0.2) is 0 Å². The zero-order chi connectivity index (χ0) is 50.2. The van der Waals surface area contributed by atoms with Crippen molar-refractivity contribution in [1.29, 1.82) is 0 Å². The molecule has 2 fully saturated rings. The summed E-state index contributed by atoms with van der Waals surface area (Å²) in [4.78, 5) is 52.6. The number of nitrogens with one attached hydrogen (secondary N) is 1. The Morgan fingerprint density at radius 3 is 1.79 bits per heavy atom. The number of hydrogen-bond donors (Lipinski definition) is 1. The van der Waals surface area contributed by atoms with Gasteiger partial charge in [-0.25, -0.2) is 0 Å². The van der Waals surface area contributed by atoms with Crippen molar-refractivity contribution in [2.75, 3.05) is 69.2 Å². The number of amides is 2. The molecule has 17 nitrogen and oxygen atoms in total. The molecular weight excluding hydrogens is 1070 g/mol. The van der Waals surface area contributed by atoms with Crippen LogP contribution in [0.1, 0.15) is 26.7 Å². The number of pyridine rings is 2. The second-order valence-corrected chi connectivity index (χ2v) is 17.4. The van der Waals surface area contributed by atoms with Gasteiger partial charge in [0.2, 0.25) is 11.8 Å². The predicted octanol–water partition coefficient (Wildman–Crippen LogP) is 1.92. The molecular formula is C47H53Cl5K2N10O7. The number of ether oxygens (including phenoxy) is 2. The molecule has 0 spiro atoms. The minimum Gasteiger partial charge on any atom is -1.00 e. The second kappa shape index (κ2) is 31.4. The minimum atomic E-state index is -0.181. The fraction of sp³-hybridized carbons (Fsp3) is 0.340. The van der Waals surface area contributed by atoms with Crippen molar-refractivity contribution in [2.24, 2.45) is 0 Å². The van der Waals surface area contributed by atoms with Gasteiger partial charge in [0.1, 0.15) is 35.3 Å². The van der Waals surface area contributed by atoms with Crippen molar-refractivity contribution >= 4 is 87.7 Å². The number of nitrogens with zero attached hydrogens (tertiary/aromatic N) is 9. The molecule has 2 saturated heterocycles. The molecule has 0 saturated carbocycles. The van der Waals surface area contributed by atoms with Crippen LogP contribution in [0.5, 0.6) is 11.5 Å². The van der Waals surface area contributed by atoms with Crippen LogP contribution in [0.4, 0.5) is 11.4 Å². The second-order valence-electron chi connectivity index (χ2n) is 15.6. The molecule has 0 radical (unpaired) electrons. The number of alkyl halides is 1. The summed E-state index contributed by atoms with van der Waals surface area (Å²) in [5, 5.41) is 22.3. The molecule has 1 N–H and O–H groups in total. The van der Waals surface area contributed by atoms with Crippen LogP contribution < -0.4 is 127 Å². The molecule has 2 aromatic carbocycles. The molecule has 6 heterocycles. The van der Waals surface area contributed by atoms with Gasteiger partial charge < -0.3 is 40.6 Å². The molecule has 2 atom stereocenters. The number of methoxy groups -OCH3 is 2. The summed E-state index contributed by atoms with van der Waals surface area (Å²) in [5.74, 6) is 1.35. The van der Waals surface area contributed by atoms with E-state index in [1.165, 1.54) is 0 Å². The fourth-order valence-corrected chi connectivity index (χ4v) is 8.53. The summed E-state index contributed by atoms with van der Waals surface area (Å²) in [6, 6.07) is 21.0. The van der Waals surface area contributed by atoms with Crippen molar-refractivity contribution in [3.05, 3.63) is 117 Å². The molecule has 4 aromatic heterocycles. The molecule has 6 aromatic rings. The van der Waals surface area contributed by atoms with E-state index in [9.17, 15) is 9.59 Å². The summed E-state index contributed by atoms with van der Waals surface area (Å²) in [5.41, 5.74) is 6.67. The Bertz CT molecular complexity index is 2650. The Hall–Kier alpha value is -2.55. The van der Waals surface area contributed by atoms with Gasteiger partial charge in [0.25, 0.3) is 6.47 Å². The predicted molar refractivity (Wildman–Crippen MR) is 269 cm³/mol. The Morgan fingerprint density at radius 1 is 0.789 bits per heavy atom. The van der Waals surface area contributed by atoms with Gasteiger partial charge in [-0.05, 0) is 76.2 Å². The van der Waals surface area contributed by atoms with Gasteiger partial charge in [-0.2, -0.15) is 10.2 Å². The number of carbonyl (C=O) groups is 3. The number of H-pyrrole nitrogens is 1. The van der Waals surface area contributed by atoms with E-state index in [4.69, 9.17) is 77.5 Å². The van der Waals surface area contributed by atoms with Crippen LogP contribution >= 0.6 is 58.0 Å². The Morgan fingerprint density at radius 2 is 1.35 bits per heavy atom. The maximum Gasteiger partial charge on any atom is 1.00 e. The van der Waals surface area contributed by atoms with E-state index in [-0.39, 0.29) is 147 Å². The summed E-state index contributed by atoms with van der Waals surface area (Å²) in [6.07, 6.45) is 5.15. The SMILES string of the molecule is COc1cc(N2CCN(C(=O)CCl)[C@@H](C)C2)ccc1Cl.COc1cc(N2CCN(C(=O)Cn3nc(-c4ccccn4)c(Cl)c3C)[C@@H](C)C2)ccc1Cl.Cc1[nH]nc(-c2cccnc2)c1Cl.O=CO[O-].[H-].[K+].[K+]. The third-order valence-electron chi connectivity index (χ3n) is 11.2. The standard InChI is InChI=1S/C23H25Cl2N5O2.C14H18Cl2N2O2.C9H8ClN3.CH2O3.2K.H/c1-15-13-28(17-7-8-18(24)20(12-17)32-3)10-11-29(15)21(31)14-30-16(2)22(25)23(27-30)19-6-4-5-9-26-19;1-10-9-17(5-6-18(10)14(19)8-15)11-3-4-12(16)13(7-11)20-2;1-6-8(10)9(13-12-6)7-3-2-4-11-5-7;2-1-4-3;;;/h4-9,12,15H,10-11,13-14H2,1-3H3;3-4,7,10H,5-6,8-9H2,1-2H3;2-5H,1H3,(H,12,13);1,3H;;;/q;;;;2*+1;-1/p-1/t15-;10-;;;;;/m00...../s1. The summed E-state index contributed by atoms with van der Waals surface area (Å²) in [7, 11) is 3.21. The van der Waals surface area contributed by atoms with E-state index in [1.807, 2.05) is 97.3 Å². The monoisotopic (exact) mass is 1120 g/mol. The summed E-state index contributed by atoms with van der Waals surface area (Å²) in [6.45, 7) is 12.1. The first-order chi connectivity index (χ1) is 33.1. The number of aromatic nitrogens is 6. The molecule has 8 rings (SSSR count). The van der Waals surface area contributed by atoms with Crippen LogP contribution in [0.3, 0.4) is 0 Å². The molecule has 0 aliphatic carbocycles. The normalized spacial score (nSPS) is 14.9. The number of piperazine rings is 2. The first kappa shape index (κ1) is 62.7. The third-order valence-corrected chi connectivity index (χ3v) is 13.0. The molecule has 0 bridgehead atoms. The van der Waals surface area contributed by atoms with Crippen molar-refractivity contribution in [1.82, 2.24) is 39.7 Å². The van der Waals surface area contributed by atoms with E-state index >= 15 is 0 Å². The zero-order valence-corrected chi connectivity index (χ0v) is 50.8.